The largest absolute Gasteiger partial charge is 0.458 e. The maximum Gasteiger partial charge on any atom is 0.417 e. The quantitative estimate of drug-likeness (QED) is 0.864. The Kier molecular flexibility index (Phi) is 4.37. The second kappa shape index (κ2) is 6.46. The van der Waals surface area contributed by atoms with Gasteiger partial charge in [-0.2, -0.15) is 13.2 Å². The van der Waals surface area contributed by atoms with Crippen LogP contribution in [0.3, 0.4) is 0 Å². The van der Waals surface area contributed by atoms with Gasteiger partial charge in [0, 0.05) is 25.4 Å². The van der Waals surface area contributed by atoms with Crippen LogP contribution in [-0.2, 0) is 6.18 Å². The number of halogens is 3. The minimum absolute atomic E-state index is 0.187. The van der Waals surface area contributed by atoms with Gasteiger partial charge in [0.15, 0.2) is 0 Å². The highest BCUT2D eigenvalue weighted by molar-refractivity contribution is 5.96. The second-order valence-corrected chi connectivity index (χ2v) is 5.35. The zero-order valence-corrected chi connectivity index (χ0v) is 12.5. The molecule has 0 unspecified atom stereocenters. The fourth-order valence-corrected chi connectivity index (χ4v) is 2.59. The Balaban J connectivity index is 1.71. The molecule has 1 aliphatic heterocycles. The average molecular weight is 337 g/mol. The van der Waals surface area contributed by atoms with E-state index in [1.807, 2.05) is 0 Å². The van der Waals surface area contributed by atoms with Crippen molar-refractivity contribution in [3.05, 3.63) is 53.9 Å². The van der Waals surface area contributed by atoms with E-state index in [1.54, 1.807) is 6.07 Å². The van der Waals surface area contributed by atoms with Crippen molar-refractivity contribution in [2.24, 2.45) is 0 Å². The molecule has 2 heterocycles. The van der Waals surface area contributed by atoms with Crippen LogP contribution < -0.4 is 4.74 Å². The van der Waals surface area contributed by atoms with Crippen molar-refractivity contribution in [3.63, 3.8) is 0 Å². The highest BCUT2D eigenvalue weighted by Crippen LogP contribution is 2.32. The average Bonchev–Trinajstić information content (AvgIpc) is 3.03. The summed E-state index contributed by atoms with van der Waals surface area (Å²) in [5.74, 6) is -0.650. The van der Waals surface area contributed by atoms with Gasteiger partial charge in [0.25, 0.3) is 5.91 Å². The molecular weight excluding hydrogens is 323 g/mol. The van der Waals surface area contributed by atoms with Gasteiger partial charge in [0.2, 0.25) is 0 Å². The molecule has 0 aliphatic carbocycles. The normalized spacial score (nSPS) is 17.8. The molecule has 1 aromatic carbocycles. The lowest BCUT2D eigenvalue weighted by Gasteiger charge is -2.19. The number of carbonyl (C=O) groups excluding carboxylic acids is 1. The van der Waals surface area contributed by atoms with Crippen LogP contribution in [0.5, 0.6) is 6.01 Å². The van der Waals surface area contributed by atoms with Crippen molar-refractivity contribution in [2.75, 3.05) is 13.1 Å². The summed E-state index contributed by atoms with van der Waals surface area (Å²) in [5, 5.41) is 0. The number of hydrogen-bond acceptors (Lipinski definition) is 4. The number of aromatic nitrogens is 2. The fraction of sp³-hybridized carbons (Fsp3) is 0.312. The number of benzene rings is 1. The van der Waals surface area contributed by atoms with Crippen LogP contribution in [0.25, 0.3) is 0 Å². The first-order chi connectivity index (χ1) is 11.4. The van der Waals surface area contributed by atoms with Gasteiger partial charge in [0.1, 0.15) is 6.10 Å². The van der Waals surface area contributed by atoms with Crippen molar-refractivity contribution < 1.29 is 22.7 Å². The van der Waals surface area contributed by atoms with E-state index >= 15 is 0 Å². The van der Waals surface area contributed by atoms with Gasteiger partial charge in [-0.3, -0.25) is 4.79 Å². The van der Waals surface area contributed by atoms with Crippen LogP contribution in [0.1, 0.15) is 22.3 Å². The Morgan fingerprint density at radius 2 is 1.88 bits per heavy atom. The van der Waals surface area contributed by atoms with Crippen molar-refractivity contribution in [3.8, 4) is 6.01 Å². The van der Waals surface area contributed by atoms with Crippen LogP contribution in [-0.4, -0.2) is 40.0 Å². The highest BCUT2D eigenvalue weighted by Gasteiger charge is 2.37. The van der Waals surface area contributed by atoms with Crippen LogP contribution in [0.4, 0.5) is 13.2 Å². The van der Waals surface area contributed by atoms with Crippen molar-refractivity contribution in [1.82, 2.24) is 14.9 Å². The minimum atomic E-state index is -4.57. The predicted molar refractivity (Wildman–Crippen MR) is 78.4 cm³/mol. The highest BCUT2D eigenvalue weighted by atomic mass is 19.4. The summed E-state index contributed by atoms with van der Waals surface area (Å²) in [7, 11) is 0. The third-order valence-corrected chi connectivity index (χ3v) is 3.71. The molecule has 1 aromatic heterocycles. The van der Waals surface area contributed by atoms with E-state index in [0.717, 1.165) is 6.07 Å². The van der Waals surface area contributed by atoms with Crippen molar-refractivity contribution in [2.45, 2.75) is 18.7 Å². The molecule has 0 spiro atoms. The van der Waals surface area contributed by atoms with Crippen LogP contribution >= 0.6 is 0 Å². The number of likely N-dealkylation sites (tertiary alicyclic amines) is 1. The smallest absolute Gasteiger partial charge is 0.417 e. The molecule has 1 amide bonds. The van der Waals surface area contributed by atoms with Gasteiger partial charge < -0.3 is 9.64 Å². The summed E-state index contributed by atoms with van der Waals surface area (Å²) < 4.78 is 44.7. The third kappa shape index (κ3) is 3.47. The maximum atomic E-state index is 13.0. The van der Waals surface area contributed by atoms with Crippen LogP contribution in [0.15, 0.2) is 42.7 Å². The Bertz CT molecular complexity index is 722. The first kappa shape index (κ1) is 16.2. The first-order valence-corrected chi connectivity index (χ1v) is 7.34. The molecule has 1 atom stereocenters. The van der Waals surface area contributed by atoms with Gasteiger partial charge in [0.05, 0.1) is 17.7 Å². The van der Waals surface area contributed by atoms with Crippen molar-refractivity contribution >= 4 is 5.91 Å². The van der Waals surface area contributed by atoms with E-state index in [9.17, 15) is 18.0 Å². The van der Waals surface area contributed by atoms with E-state index in [0.29, 0.717) is 13.0 Å². The number of nitrogens with zero attached hydrogens (tertiary/aromatic N) is 3. The molecule has 1 saturated heterocycles. The Morgan fingerprint density at radius 1 is 1.17 bits per heavy atom. The Hall–Kier alpha value is -2.64. The zero-order chi connectivity index (χ0) is 17.2. The molecule has 8 heteroatoms. The number of carbonyl (C=O) groups is 1. The molecule has 1 aliphatic rings. The van der Waals surface area contributed by atoms with Gasteiger partial charge in [-0.05, 0) is 18.2 Å². The summed E-state index contributed by atoms with van der Waals surface area (Å²) in [6.07, 6.45) is -1.34. The molecule has 3 rings (SSSR count). The Labute approximate surface area is 136 Å². The predicted octanol–water partition coefficient (Wildman–Crippen LogP) is 2.79. The number of amides is 1. The maximum absolute atomic E-state index is 13.0. The van der Waals surface area contributed by atoms with E-state index in [1.165, 1.54) is 35.5 Å². The standard InChI is InChI=1S/C16H14F3N3O2/c17-16(18,19)13-5-2-1-4-12(13)14(23)22-9-6-11(10-22)24-15-20-7-3-8-21-15/h1-5,7-8,11H,6,9-10H2/t11-/m1/s1. The number of ether oxygens (including phenoxy) is 1. The van der Waals surface area contributed by atoms with E-state index in [2.05, 4.69) is 9.97 Å². The van der Waals surface area contributed by atoms with Crippen LogP contribution in [0.2, 0.25) is 0 Å². The van der Waals surface area contributed by atoms with E-state index in [-0.39, 0.29) is 24.2 Å². The fourth-order valence-electron chi connectivity index (χ4n) is 2.59. The monoisotopic (exact) mass is 337 g/mol. The van der Waals surface area contributed by atoms with Gasteiger partial charge in [-0.15, -0.1) is 0 Å². The SMILES string of the molecule is O=C(c1ccccc1C(F)(F)F)N1CC[C@@H](Oc2ncccn2)C1. The van der Waals surface area contributed by atoms with E-state index in [4.69, 9.17) is 4.74 Å². The van der Waals surface area contributed by atoms with Crippen molar-refractivity contribution in [1.29, 1.82) is 0 Å². The molecular formula is C16H14F3N3O2. The first-order valence-electron chi connectivity index (χ1n) is 7.34. The molecule has 0 radical (unpaired) electrons. The van der Waals surface area contributed by atoms with Gasteiger partial charge in [-0.1, -0.05) is 12.1 Å². The topological polar surface area (TPSA) is 55.3 Å². The summed E-state index contributed by atoms with van der Waals surface area (Å²) in [5.41, 5.74) is -1.27. The molecule has 0 N–H and O–H groups in total. The molecule has 126 valence electrons. The zero-order valence-electron chi connectivity index (χ0n) is 12.5. The minimum Gasteiger partial charge on any atom is -0.458 e. The summed E-state index contributed by atoms with van der Waals surface area (Å²) in [6, 6.07) is 6.62. The Morgan fingerprint density at radius 3 is 2.58 bits per heavy atom. The third-order valence-electron chi connectivity index (χ3n) is 3.71. The van der Waals surface area contributed by atoms with Gasteiger partial charge >= 0.3 is 12.2 Å². The molecule has 5 nitrogen and oxygen atoms in total. The second-order valence-electron chi connectivity index (χ2n) is 5.35. The molecule has 24 heavy (non-hydrogen) atoms. The summed E-state index contributed by atoms with van der Waals surface area (Å²) in [4.78, 5) is 21.7. The molecule has 0 saturated carbocycles. The molecule has 1 fully saturated rings. The lowest BCUT2D eigenvalue weighted by atomic mass is 10.1. The lowest BCUT2D eigenvalue weighted by molar-refractivity contribution is -0.138. The van der Waals surface area contributed by atoms with Crippen LogP contribution in [0, 0.1) is 0 Å². The number of hydrogen-bond donors (Lipinski definition) is 0. The summed E-state index contributed by atoms with van der Waals surface area (Å²) >= 11 is 0. The van der Waals surface area contributed by atoms with Gasteiger partial charge in [-0.25, -0.2) is 9.97 Å². The number of rotatable bonds is 3. The molecule has 2 aromatic rings. The molecule has 0 bridgehead atoms. The van der Waals surface area contributed by atoms with E-state index < -0.39 is 17.6 Å². The lowest BCUT2D eigenvalue weighted by Crippen LogP contribution is -2.32. The summed E-state index contributed by atoms with van der Waals surface area (Å²) in [6.45, 7) is 0.520. The number of alkyl halides is 3.